The number of urea groups is 1. The van der Waals surface area contributed by atoms with Gasteiger partial charge in [0.1, 0.15) is 0 Å². The van der Waals surface area contributed by atoms with Gasteiger partial charge in [-0.1, -0.05) is 58.5 Å². The average molecular weight is 406 g/mol. The summed E-state index contributed by atoms with van der Waals surface area (Å²) in [6, 6.07) is 9.45. The molecule has 0 aliphatic carbocycles. The lowest BCUT2D eigenvalue weighted by atomic mass is 10.1. The van der Waals surface area contributed by atoms with Crippen molar-refractivity contribution in [1.29, 1.82) is 0 Å². The van der Waals surface area contributed by atoms with Crippen LogP contribution in [0.15, 0.2) is 36.4 Å². The van der Waals surface area contributed by atoms with Crippen molar-refractivity contribution < 1.29 is 4.79 Å². The fourth-order valence-corrected chi connectivity index (χ4v) is 3.44. The van der Waals surface area contributed by atoms with Crippen LogP contribution in [0.25, 0.3) is 0 Å². The van der Waals surface area contributed by atoms with Crippen LogP contribution in [0.4, 0.5) is 4.79 Å². The number of benzene rings is 2. The molecule has 7 heteroatoms. The van der Waals surface area contributed by atoms with E-state index in [0.717, 1.165) is 11.1 Å². The molecule has 3 nitrogen and oxygen atoms in total. The van der Waals surface area contributed by atoms with Crippen LogP contribution in [-0.2, 0) is 0 Å². The summed E-state index contributed by atoms with van der Waals surface area (Å²) >= 11 is 24.1. The first-order valence-electron chi connectivity index (χ1n) is 7.25. The summed E-state index contributed by atoms with van der Waals surface area (Å²) in [6.07, 6.45) is 0. The molecular weight excluding hydrogens is 390 g/mol. The number of hydrogen-bond donors (Lipinski definition) is 2. The van der Waals surface area contributed by atoms with Crippen molar-refractivity contribution >= 4 is 52.4 Å². The molecule has 0 heterocycles. The van der Waals surface area contributed by atoms with Crippen LogP contribution in [0.1, 0.15) is 37.1 Å². The summed E-state index contributed by atoms with van der Waals surface area (Å²) < 4.78 is 0. The van der Waals surface area contributed by atoms with E-state index < -0.39 is 0 Å². The number of hydrogen-bond acceptors (Lipinski definition) is 1. The molecule has 0 saturated carbocycles. The van der Waals surface area contributed by atoms with Crippen LogP contribution in [0.3, 0.4) is 0 Å². The molecule has 2 aromatic rings. The van der Waals surface area contributed by atoms with Crippen LogP contribution in [0.2, 0.25) is 20.1 Å². The van der Waals surface area contributed by atoms with Gasteiger partial charge in [0.15, 0.2) is 0 Å². The molecule has 0 aliphatic rings. The largest absolute Gasteiger partial charge is 0.332 e. The molecule has 0 aliphatic heterocycles. The first kappa shape index (κ1) is 19.2. The number of rotatable bonds is 4. The molecule has 2 rings (SSSR count). The Morgan fingerprint density at radius 1 is 0.792 bits per heavy atom. The second kappa shape index (κ2) is 8.30. The van der Waals surface area contributed by atoms with Gasteiger partial charge in [-0.15, -0.1) is 0 Å². The van der Waals surface area contributed by atoms with Gasteiger partial charge >= 0.3 is 6.03 Å². The highest BCUT2D eigenvalue weighted by Crippen LogP contribution is 2.27. The van der Waals surface area contributed by atoms with Gasteiger partial charge in [-0.3, -0.25) is 0 Å². The standard InChI is InChI=1S/C17H16Cl4N2O/c1-9(13-5-3-11(18)7-15(13)20)22-17(24)23-10(2)14-6-4-12(19)8-16(14)21/h3-10H,1-2H3,(H2,22,23,24)/t9-,10-/m1/s1. The van der Waals surface area contributed by atoms with Crippen molar-refractivity contribution in [3.8, 4) is 0 Å². The van der Waals surface area contributed by atoms with E-state index >= 15 is 0 Å². The zero-order valence-corrected chi connectivity index (χ0v) is 16.1. The fraction of sp³-hybridized carbons (Fsp3) is 0.235. The molecule has 2 aromatic carbocycles. The van der Waals surface area contributed by atoms with Gasteiger partial charge < -0.3 is 10.6 Å². The molecule has 0 spiro atoms. The van der Waals surface area contributed by atoms with E-state index in [1.165, 1.54) is 0 Å². The van der Waals surface area contributed by atoms with Gasteiger partial charge in [0, 0.05) is 20.1 Å². The second-order valence-corrected chi connectivity index (χ2v) is 7.08. The number of carbonyl (C=O) groups is 1. The molecule has 0 aromatic heterocycles. The Hall–Kier alpha value is -1.13. The minimum absolute atomic E-state index is 0.275. The zero-order valence-electron chi connectivity index (χ0n) is 13.0. The molecule has 0 unspecified atom stereocenters. The van der Waals surface area contributed by atoms with E-state index in [9.17, 15) is 4.79 Å². The van der Waals surface area contributed by atoms with Crippen LogP contribution < -0.4 is 10.6 Å². The van der Waals surface area contributed by atoms with Crippen LogP contribution in [0.5, 0.6) is 0 Å². The predicted octanol–water partition coefficient (Wildman–Crippen LogP) is 6.42. The highest BCUT2D eigenvalue weighted by atomic mass is 35.5. The van der Waals surface area contributed by atoms with Crippen molar-refractivity contribution in [3.05, 3.63) is 67.6 Å². The highest BCUT2D eigenvalue weighted by molar-refractivity contribution is 6.35. The van der Waals surface area contributed by atoms with Gasteiger partial charge in [0.25, 0.3) is 0 Å². The smallest absolute Gasteiger partial charge is 0.315 e. The SMILES string of the molecule is C[C@@H](NC(=O)N[C@H](C)c1ccc(Cl)cc1Cl)c1ccc(Cl)cc1Cl. The summed E-state index contributed by atoms with van der Waals surface area (Å²) in [4.78, 5) is 12.2. The summed E-state index contributed by atoms with van der Waals surface area (Å²) in [7, 11) is 0. The maximum Gasteiger partial charge on any atom is 0.315 e. The molecule has 0 saturated heterocycles. The van der Waals surface area contributed by atoms with Crippen molar-refractivity contribution in [1.82, 2.24) is 10.6 Å². The predicted molar refractivity (Wildman–Crippen MR) is 101 cm³/mol. The van der Waals surface area contributed by atoms with Gasteiger partial charge in [-0.2, -0.15) is 0 Å². The first-order chi connectivity index (χ1) is 11.3. The van der Waals surface area contributed by atoms with Crippen molar-refractivity contribution in [2.75, 3.05) is 0 Å². The van der Waals surface area contributed by atoms with Crippen LogP contribution in [-0.4, -0.2) is 6.03 Å². The maximum atomic E-state index is 12.2. The maximum absolute atomic E-state index is 12.2. The summed E-state index contributed by atoms with van der Waals surface area (Å²) in [6.45, 7) is 3.68. The number of amides is 2. The molecule has 128 valence electrons. The molecule has 2 amide bonds. The normalized spacial score (nSPS) is 13.2. The third-order valence-corrected chi connectivity index (χ3v) is 4.68. The van der Waals surface area contributed by atoms with Crippen LogP contribution in [0, 0.1) is 0 Å². The number of carbonyl (C=O) groups excluding carboxylic acids is 1. The van der Waals surface area contributed by atoms with Crippen molar-refractivity contribution in [2.45, 2.75) is 25.9 Å². The van der Waals surface area contributed by atoms with Crippen LogP contribution >= 0.6 is 46.4 Å². The van der Waals surface area contributed by atoms with Gasteiger partial charge in [-0.25, -0.2) is 4.79 Å². The van der Waals surface area contributed by atoms with E-state index in [4.69, 9.17) is 46.4 Å². The fourth-order valence-electron chi connectivity index (χ4n) is 2.30. The Kier molecular flexibility index (Phi) is 6.64. The third kappa shape index (κ3) is 4.93. The molecular formula is C17H16Cl4N2O. The minimum atomic E-state index is -0.327. The highest BCUT2D eigenvalue weighted by Gasteiger charge is 2.16. The molecule has 0 bridgehead atoms. The second-order valence-electron chi connectivity index (χ2n) is 5.39. The molecule has 2 atom stereocenters. The Balaban J connectivity index is 2.01. The Labute approximate surface area is 161 Å². The van der Waals surface area contributed by atoms with E-state index in [-0.39, 0.29) is 18.1 Å². The summed E-state index contributed by atoms with van der Waals surface area (Å²) in [5.41, 5.74) is 1.57. The lowest BCUT2D eigenvalue weighted by Crippen LogP contribution is -2.38. The third-order valence-electron chi connectivity index (χ3n) is 3.55. The average Bonchev–Trinajstić information content (AvgIpc) is 2.46. The Bertz CT molecular complexity index is 690. The van der Waals surface area contributed by atoms with E-state index in [1.807, 2.05) is 13.8 Å². The monoisotopic (exact) mass is 404 g/mol. The summed E-state index contributed by atoms with van der Waals surface area (Å²) in [5.74, 6) is 0. The van der Waals surface area contributed by atoms with E-state index in [0.29, 0.717) is 20.1 Å². The number of halogens is 4. The molecule has 0 radical (unpaired) electrons. The van der Waals surface area contributed by atoms with Gasteiger partial charge in [0.05, 0.1) is 12.1 Å². The summed E-state index contributed by atoms with van der Waals surface area (Å²) in [5, 5.41) is 7.79. The number of nitrogens with one attached hydrogen (secondary N) is 2. The van der Waals surface area contributed by atoms with E-state index in [2.05, 4.69) is 10.6 Å². The first-order valence-corrected chi connectivity index (χ1v) is 8.76. The molecule has 2 N–H and O–H groups in total. The minimum Gasteiger partial charge on any atom is -0.332 e. The Morgan fingerprint density at radius 3 is 1.50 bits per heavy atom. The Morgan fingerprint density at radius 2 is 1.17 bits per heavy atom. The quantitative estimate of drug-likeness (QED) is 0.605. The zero-order chi connectivity index (χ0) is 17.9. The van der Waals surface area contributed by atoms with Crippen molar-refractivity contribution in [3.63, 3.8) is 0 Å². The molecule has 0 fully saturated rings. The van der Waals surface area contributed by atoms with Gasteiger partial charge in [0.2, 0.25) is 0 Å². The van der Waals surface area contributed by atoms with Gasteiger partial charge in [-0.05, 0) is 49.2 Å². The lowest BCUT2D eigenvalue weighted by molar-refractivity contribution is 0.235. The van der Waals surface area contributed by atoms with Crippen molar-refractivity contribution in [2.24, 2.45) is 0 Å². The van der Waals surface area contributed by atoms with E-state index in [1.54, 1.807) is 36.4 Å². The topological polar surface area (TPSA) is 41.1 Å². The molecule has 24 heavy (non-hydrogen) atoms. The lowest BCUT2D eigenvalue weighted by Gasteiger charge is -2.20.